The van der Waals surface area contributed by atoms with Crippen molar-refractivity contribution in [2.24, 2.45) is 0 Å². The standard InChI is InChI=1S/C16H15ClFNO/c1-9-5-11(17)3-4-13(9)14-8-12(18)6-10-7-15(19-2)20-16(10)14/h3-6,8,15,19H,7H2,1-2H3/t15-/m1/s1. The molecule has 2 aromatic rings. The van der Waals surface area contributed by atoms with Crippen molar-refractivity contribution in [3.05, 3.63) is 52.3 Å². The summed E-state index contributed by atoms with van der Waals surface area (Å²) < 4.78 is 19.7. The number of likely N-dealkylation sites (N-methyl/N-ethyl adjacent to an activating group) is 1. The predicted molar refractivity (Wildman–Crippen MR) is 78.8 cm³/mol. The van der Waals surface area contributed by atoms with E-state index >= 15 is 0 Å². The number of fused-ring (bicyclic) bond motifs is 1. The van der Waals surface area contributed by atoms with Gasteiger partial charge in [-0.15, -0.1) is 0 Å². The zero-order chi connectivity index (χ0) is 14.3. The van der Waals surface area contributed by atoms with Crippen LogP contribution in [0.15, 0.2) is 30.3 Å². The van der Waals surface area contributed by atoms with Crippen LogP contribution in [0.5, 0.6) is 5.75 Å². The highest BCUT2D eigenvalue weighted by atomic mass is 35.5. The molecular weight excluding hydrogens is 277 g/mol. The average Bonchev–Trinajstić information content (AvgIpc) is 2.81. The highest BCUT2D eigenvalue weighted by Gasteiger charge is 2.26. The molecule has 3 rings (SSSR count). The maximum atomic E-state index is 13.8. The molecule has 1 aliphatic heterocycles. The molecule has 2 nitrogen and oxygen atoms in total. The van der Waals surface area contributed by atoms with Crippen molar-refractivity contribution in [1.29, 1.82) is 0 Å². The fourth-order valence-electron chi connectivity index (χ4n) is 2.61. The van der Waals surface area contributed by atoms with Gasteiger partial charge in [0, 0.05) is 22.6 Å². The lowest BCUT2D eigenvalue weighted by Crippen LogP contribution is -2.29. The SMILES string of the molecule is CN[C@H]1Cc2cc(F)cc(-c3ccc(Cl)cc3C)c2O1. The summed E-state index contributed by atoms with van der Waals surface area (Å²) in [4.78, 5) is 0. The monoisotopic (exact) mass is 291 g/mol. The molecule has 0 aliphatic carbocycles. The molecular formula is C16H15ClFNO. The first-order chi connectivity index (χ1) is 9.58. The summed E-state index contributed by atoms with van der Waals surface area (Å²) in [5.41, 5.74) is 3.63. The van der Waals surface area contributed by atoms with Crippen molar-refractivity contribution in [3.8, 4) is 16.9 Å². The van der Waals surface area contributed by atoms with Crippen molar-refractivity contribution in [2.45, 2.75) is 19.6 Å². The van der Waals surface area contributed by atoms with E-state index in [4.69, 9.17) is 16.3 Å². The molecule has 104 valence electrons. The summed E-state index contributed by atoms with van der Waals surface area (Å²) in [6.07, 6.45) is 0.571. The zero-order valence-electron chi connectivity index (χ0n) is 11.3. The van der Waals surface area contributed by atoms with E-state index < -0.39 is 0 Å². The Morgan fingerprint density at radius 2 is 2.05 bits per heavy atom. The second kappa shape index (κ2) is 5.08. The van der Waals surface area contributed by atoms with Crippen molar-refractivity contribution >= 4 is 11.6 Å². The minimum Gasteiger partial charge on any atom is -0.474 e. The maximum Gasteiger partial charge on any atom is 0.154 e. The summed E-state index contributed by atoms with van der Waals surface area (Å²) in [6, 6.07) is 8.65. The second-order valence-corrected chi connectivity index (χ2v) is 5.44. The average molecular weight is 292 g/mol. The molecule has 0 saturated carbocycles. The van der Waals surface area contributed by atoms with E-state index in [0.29, 0.717) is 11.4 Å². The fourth-order valence-corrected chi connectivity index (χ4v) is 2.84. The summed E-state index contributed by atoms with van der Waals surface area (Å²) in [7, 11) is 1.83. The number of hydrogen-bond donors (Lipinski definition) is 1. The van der Waals surface area contributed by atoms with Crippen molar-refractivity contribution in [2.75, 3.05) is 7.05 Å². The van der Waals surface area contributed by atoms with Gasteiger partial charge in [0.25, 0.3) is 0 Å². The molecule has 1 atom stereocenters. The van der Waals surface area contributed by atoms with Gasteiger partial charge >= 0.3 is 0 Å². The maximum absolute atomic E-state index is 13.8. The van der Waals surface area contributed by atoms with Crippen LogP contribution in [0.3, 0.4) is 0 Å². The van der Waals surface area contributed by atoms with E-state index in [-0.39, 0.29) is 12.0 Å². The molecule has 0 saturated heterocycles. The Bertz CT molecular complexity index is 672. The lowest BCUT2D eigenvalue weighted by atomic mass is 9.97. The molecule has 4 heteroatoms. The highest BCUT2D eigenvalue weighted by molar-refractivity contribution is 6.30. The normalized spacial score (nSPS) is 16.9. The van der Waals surface area contributed by atoms with Crippen LogP contribution in [-0.4, -0.2) is 13.3 Å². The van der Waals surface area contributed by atoms with Crippen LogP contribution < -0.4 is 10.1 Å². The number of hydrogen-bond acceptors (Lipinski definition) is 2. The molecule has 0 bridgehead atoms. The molecule has 0 spiro atoms. The lowest BCUT2D eigenvalue weighted by Gasteiger charge is -2.13. The third-order valence-corrected chi connectivity index (χ3v) is 3.83. The van der Waals surface area contributed by atoms with Gasteiger partial charge in [-0.2, -0.15) is 0 Å². The van der Waals surface area contributed by atoms with E-state index in [0.717, 1.165) is 28.0 Å². The van der Waals surface area contributed by atoms with Crippen LogP contribution in [0.4, 0.5) is 4.39 Å². The quantitative estimate of drug-likeness (QED) is 0.905. The summed E-state index contributed by atoms with van der Waals surface area (Å²) in [5.74, 6) is 0.518. The van der Waals surface area contributed by atoms with Crippen molar-refractivity contribution in [3.63, 3.8) is 0 Å². The van der Waals surface area contributed by atoms with Gasteiger partial charge in [0.2, 0.25) is 0 Å². The van der Waals surface area contributed by atoms with Gasteiger partial charge in [0.05, 0.1) is 0 Å². The minimum atomic E-state index is -0.242. The first-order valence-corrected chi connectivity index (χ1v) is 6.89. The van der Waals surface area contributed by atoms with Gasteiger partial charge in [-0.1, -0.05) is 17.7 Å². The van der Waals surface area contributed by atoms with E-state index in [2.05, 4.69) is 5.32 Å². The number of rotatable bonds is 2. The first kappa shape index (κ1) is 13.4. The Morgan fingerprint density at radius 1 is 1.25 bits per heavy atom. The van der Waals surface area contributed by atoms with Gasteiger partial charge in [-0.05, 0) is 49.4 Å². The molecule has 2 aromatic carbocycles. The Balaban J connectivity index is 2.15. The van der Waals surface area contributed by atoms with Gasteiger partial charge in [-0.25, -0.2) is 4.39 Å². The van der Waals surface area contributed by atoms with Gasteiger partial charge in [0.15, 0.2) is 6.23 Å². The van der Waals surface area contributed by atoms with Crippen molar-refractivity contribution < 1.29 is 9.13 Å². The molecule has 0 amide bonds. The largest absolute Gasteiger partial charge is 0.474 e. The highest BCUT2D eigenvalue weighted by Crippen LogP contribution is 2.40. The molecule has 0 unspecified atom stereocenters. The first-order valence-electron chi connectivity index (χ1n) is 6.51. The molecule has 20 heavy (non-hydrogen) atoms. The van der Waals surface area contributed by atoms with E-state index in [1.807, 2.05) is 32.2 Å². The second-order valence-electron chi connectivity index (χ2n) is 5.00. The molecule has 0 aromatic heterocycles. The van der Waals surface area contributed by atoms with Crippen LogP contribution in [0.1, 0.15) is 11.1 Å². The zero-order valence-corrected chi connectivity index (χ0v) is 12.1. The van der Waals surface area contributed by atoms with Crippen molar-refractivity contribution in [1.82, 2.24) is 5.32 Å². The Labute approximate surface area is 122 Å². The van der Waals surface area contributed by atoms with Gasteiger partial charge in [0.1, 0.15) is 11.6 Å². The Kier molecular flexibility index (Phi) is 3.40. The van der Waals surface area contributed by atoms with Crippen LogP contribution in [0, 0.1) is 12.7 Å². The summed E-state index contributed by atoms with van der Waals surface area (Å²) in [6.45, 7) is 1.96. The number of nitrogens with one attached hydrogen (secondary N) is 1. The predicted octanol–water partition coefficient (Wildman–Crippen LogP) is 3.93. The number of ether oxygens (including phenoxy) is 1. The Hall–Kier alpha value is -1.58. The van der Waals surface area contributed by atoms with E-state index in [9.17, 15) is 4.39 Å². The third-order valence-electron chi connectivity index (χ3n) is 3.60. The summed E-state index contributed by atoms with van der Waals surface area (Å²) in [5, 5.41) is 3.74. The topological polar surface area (TPSA) is 21.3 Å². The minimum absolute atomic E-state index is 0.0989. The molecule has 1 aliphatic rings. The van der Waals surface area contributed by atoms with E-state index in [1.54, 1.807) is 6.07 Å². The number of aryl methyl sites for hydroxylation is 1. The summed E-state index contributed by atoms with van der Waals surface area (Å²) >= 11 is 5.98. The fraction of sp³-hybridized carbons (Fsp3) is 0.250. The van der Waals surface area contributed by atoms with Crippen LogP contribution in [-0.2, 0) is 6.42 Å². The lowest BCUT2D eigenvalue weighted by molar-refractivity contribution is 0.204. The molecule has 1 heterocycles. The Morgan fingerprint density at radius 3 is 2.75 bits per heavy atom. The van der Waals surface area contributed by atoms with Crippen LogP contribution in [0.25, 0.3) is 11.1 Å². The number of halogens is 2. The van der Waals surface area contributed by atoms with Gasteiger partial charge in [-0.3, -0.25) is 5.32 Å². The van der Waals surface area contributed by atoms with Gasteiger partial charge < -0.3 is 4.74 Å². The smallest absolute Gasteiger partial charge is 0.154 e. The molecule has 0 fully saturated rings. The number of benzene rings is 2. The van der Waals surface area contributed by atoms with Crippen LogP contribution >= 0.6 is 11.6 Å². The third kappa shape index (κ3) is 2.28. The molecule has 0 radical (unpaired) electrons. The van der Waals surface area contributed by atoms with E-state index in [1.165, 1.54) is 6.07 Å². The van der Waals surface area contributed by atoms with Crippen LogP contribution in [0.2, 0.25) is 5.02 Å². The molecule has 1 N–H and O–H groups in total.